The van der Waals surface area contributed by atoms with Crippen LogP contribution in [0.1, 0.15) is 20.8 Å². The minimum absolute atomic E-state index is 0.102. The van der Waals surface area contributed by atoms with Crippen LogP contribution >= 0.6 is 0 Å². The van der Waals surface area contributed by atoms with Crippen LogP contribution in [0.2, 0.25) is 0 Å². The number of aromatic carboxylic acids is 1. The summed E-state index contributed by atoms with van der Waals surface area (Å²) in [5.41, 5.74) is 1.22. The molecule has 0 fully saturated rings. The van der Waals surface area contributed by atoms with Crippen molar-refractivity contribution < 1.29 is 19.4 Å². The van der Waals surface area contributed by atoms with Gasteiger partial charge in [-0.25, -0.2) is 15.6 Å². The van der Waals surface area contributed by atoms with Crippen LogP contribution in [0.25, 0.3) is 0 Å². The van der Waals surface area contributed by atoms with E-state index in [4.69, 9.17) is 15.7 Å². The maximum atomic E-state index is 11.3. The van der Waals surface area contributed by atoms with E-state index in [1.165, 1.54) is 19.4 Å². The smallest absolute Gasteiger partial charge is 0.355 e. The van der Waals surface area contributed by atoms with Gasteiger partial charge in [0.25, 0.3) is 5.91 Å². The van der Waals surface area contributed by atoms with Gasteiger partial charge in [-0.05, 0) is 6.07 Å². The van der Waals surface area contributed by atoms with Gasteiger partial charge in [0.05, 0.1) is 7.11 Å². The highest BCUT2D eigenvalue weighted by molar-refractivity contribution is 6.05. The summed E-state index contributed by atoms with van der Waals surface area (Å²) in [6.45, 7) is 0. The molecule has 0 bridgehead atoms. The first-order valence-corrected chi connectivity index (χ1v) is 3.89. The van der Waals surface area contributed by atoms with Gasteiger partial charge >= 0.3 is 5.97 Å². The van der Waals surface area contributed by atoms with Crippen LogP contribution in [0.4, 0.5) is 0 Å². The molecule has 1 amide bonds. The van der Waals surface area contributed by atoms with Crippen molar-refractivity contribution in [3.63, 3.8) is 0 Å². The largest absolute Gasteiger partial charge is 0.496 e. The summed E-state index contributed by atoms with van der Waals surface area (Å²) in [6.07, 6.45) is 1.23. The van der Waals surface area contributed by atoms with Gasteiger partial charge in [-0.3, -0.25) is 10.2 Å². The summed E-state index contributed by atoms with van der Waals surface area (Å²) >= 11 is 0. The number of carboxylic acids is 1. The molecule has 0 radical (unpaired) electrons. The van der Waals surface area contributed by atoms with E-state index in [1.54, 1.807) is 0 Å². The predicted octanol–water partition coefficient (Wildman–Crippen LogP) is -0.608. The molecule has 0 aliphatic heterocycles. The Labute approximate surface area is 84.8 Å². The van der Waals surface area contributed by atoms with Crippen LogP contribution in [0.3, 0.4) is 0 Å². The molecule has 7 heteroatoms. The molecule has 0 saturated carbocycles. The number of hydrogen-bond acceptors (Lipinski definition) is 5. The highest BCUT2D eigenvalue weighted by Crippen LogP contribution is 2.19. The second-order valence-corrected chi connectivity index (χ2v) is 2.52. The summed E-state index contributed by atoms with van der Waals surface area (Å²) in [4.78, 5) is 25.6. The first-order chi connectivity index (χ1) is 7.11. The van der Waals surface area contributed by atoms with Crippen molar-refractivity contribution in [3.05, 3.63) is 23.5 Å². The lowest BCUT2D eigenvalue weighted by Gasteiger charge is -2.08. The second kappa shape index (κ2) is 4.38. The summed E-state index contributed by atoms with van der Waals surface area (Å²) in [6, 6.07) is 1.37. The average Bonchev–Trinajstić information content (AvgIpc) is 2.26. The lowest BCUT2D eigenvalue weighted by atomic mass is 10.1. The Hall–Kier alpha value is -2.15. The normalized spacial score (nSPS) is 9.47. The number of nitrogens with zero attached hydrogens (tertiary/aromatic N) is 1. The minimum Gasteiger partial charge on any atom is -0.496 e. The van der Waals surface area contributed by atoms with Crippen molar-refractivity contribution in [2.75, 3.05) is 7.11 Å². The Morgan fingerprint density at radius 1 is 1.60 bits per heavy atom. The molecule has 15 heavy (non-hydrogen) atoms. The monoisotopic (exact) mass is 211 g/mol. The molecule has 1 rings (SSSR count). The predicted molar refractivity (Wildman–Crippen MR) is 49.4 cm³/mol. The Morgan fingerprint density at radius 3 is 2.73 bits per heavy atom. The molecular weight excluding hydrogens is 202 g/mol. The number of amides is 1. The number of carbonyl (C=O) groups is 2. The van der Waals surface area contributed by atoms with E-state index in [9.17, 15) is 9.59 Å². The van der Waals surface area contributed by atoms with E-state index in [0.717, 1.165) is 0 Å². The lowest BCUT2D eigenvalue weighted by molar-refractivity contribution is 0.0683. The molecule has 0 spiro atoms. The summed E-state index contributed by atoms with van der Waals surface area (Å²) in [5, 5.41) is 8.79. The number of hydrazine groups is 1. The number of carbonyl (C=O) groups excluding carboxylic acids is 1. The SMILES string of the molecule is COc1ccnc(C(=O)O)c1C(=O)NN. The van der Waals surface area contributed by atoms with Gasteiger partial charge in [0.15, 0.2) is 5.69 Å². The van der Waals surface area contributed by atoms with Gasteiger partial charge in [-0.15, -0.1) is 0 Å². The maximum Gasteiger partial charge on any atom is 0.355 e. The molecule has 7 nitrogen and oxygen atoms in total. The zero-order chi connectivity index (χ0) is 11.4. The van der Waals surface area contributed by atoms with Gasteiger partial charge in [0.1, 0.15) is 11.3 Å². The summed E-state index contributed by atoms with van der Waals surface area (Å²) in [5.74, 6) is 2.93. The number of methoxy groups -OCH3 is 1. The molecule has 0 saturated heterocycles. The van der Waals surface area contributed by atoms with Crippen LogP contribution < -0.4 is 16.0 Å². The van der Waals surface area contributed by atoms with Gasteiger partial charge in [-0.2, -0.15) is 0 Å². The van der Waals surface area contributed by atoms with E-state index in [-0.39, 0.29) is 11.3 Å². The van der Waals surface area contributed by atoms with Crippen molar-refractivity contribution >= 4 is 11.9 Å². The topological polar surface area (TPSA) is 115 Å². The number of nitrogens with one attached hydrogen (secondary N) is 1. The standard InChI is InChI=1S/C8H9N3O4/c1-15-4-2-3-10-6(8(13)14)5(4)7(12)11-9/h2-3H,9H2,1H3,(H,11,12)(H,13,14). The molecule has 4 N–H and O–H groups in total. The molecule has 0 aromatic carbocycles. The zero-order valence-corrected chi connectivity index (χ0v) is 7.85. The molecule has 80 valence electrons. The third-order valence-electron chi connectivity index (χ3n) is 1.69. The van der Waals surface area contributed by atoms with E-state index in [2.05, 4.69) is 4.98 Å². The van der Waals surface area contributed by atoms with Crippen molar-refractivity contribution in [2.24, 2.45) is 5.84 Å². The third kappa shape index (κ3) is 2.02. The lowest BCUT2D eigenvalue weighted by Crippen LogP contribution is -2.32. The number of nitrogen functional groups attached to an aromatic ring is 1. The zero-order valence-electron chi connectivity index (χ0n) is 7.85. The molecule has 0 unspecified atom stereocenters. The first kappa shape index (κ1) is 10.9. The Morgan fingerprint density at radius 2 is 2.27 bits per heavy atom. The molecule has 1 aromatic rings. The van der Waals surface area contributed by atoms with Crippen LogP contribution in [0, 0.1) is 0 Å². The fraction of sp³-hybridized carbons (Fsp3) is 0.125. The van der Waals surface area contributed by atoms with Crippen LogP contribution in [0.15, 0.2) is 12.3 Å². The van der Waals surface area contributed by atoms with Crippen molar-refractivity contribution in [3.8, 4) is 5.75 Å². The van der Waals surface area contributed by atoms with Crippen LogP contribution in [-0.2, 0) is 0 Å². The Kier molecular flexibility index (Phi) is 3.19. The summed E-state index contributed by atoms with van der Waals surface area (Å²) in [7, 11) is 1.31. The quantitative estimate of drug-likeness (QED) is 0.349. The number of rotatable bonds is 3. The van der Waals surface area contributed by atoms with Crippen LogP contribution in [-0.4, -0.2) is 29.1 Å². The molecule has 0 aliphatic carbocycles. The van der Waals surface area contributed by atoms with Gasteiger partial charge in [0, 0.05) is 6.20 Å². The number of nitrogens with two attached hydrogens (primary N) is 1. The highest BCUT2D eigenvalue weighted by atomic mass is 16.5. The summed E-state index contributed by atoms with van der Waals surface area (Å²) < 4.78 is 4.84. The van der Waals surface area contributed by atoms with Crippen molar-refractivity contribution in [2.45, 2.75) is 0 Å². The fourth-order valence-electron chi connectivity index (χ4n) is 1.07. The number of hydrogen-bond donors (Lipinski definition) is 3. The number of carboxylic acid groups (broad SMARTS) is 1. The molecule has 1 aromatic heterocycles. The number of ether oxygens (including phenoxy) is 1. The van der Waals surface area contributed by atoms with Crippen molar-refractivity contribution in [1.29, 1.82) is 0 Å². The molecule has 1 heterocycles. The van der Waals surface area contributed by atoms with Crippen LogP contribution in [0.5, 0.6) is 5.75 Å². The highest BCUT2D eigenvalue weighted by Gasteiger charge is 2.21. The molecule has 0 aliphatic rings. The van der Waals surface area contributed by atoms with Gasteiger partial charge < -0.3 is 9.84 Å². The average molecular weight is 211 g/mol. The van der Waals surface area contributed by atoms with Crippen molar-refractivity contribution in [1.82, 2.24) is 10.4 Å². The number of pyridine rings is 1. The van der Waals surface area contributed by atoms with Gasteiger partial charge in [-0.1, -0.05) is 0 Å². The molecule has 0 atom stereocenters. The molecular formula is C8H9N3O4. The Balaban J connectivity index is 3.40. The van der Waals surface area contributed by atoms with E-state index < -0.39 is 17.6 Å². The first-order valence-electron chi connectivity index (χ1n) is 3.89. The number of aromatic nitrogens is 1. The minimum atomic E-state index is -1.33. The van der Waals surface area contributed by atoms with E-state index in [0.29, 0.717) is 0 Å². The van der Waals surface area contributed by atoms with E-state index in [1.807, 2.05) is 5.43 Å². The second-order valence-electron chi connectivity index (χ2n) is 2.52. The third-order valence-corrected chi connectivity index (χ3v) is 1.69. The fourth-order valence-corrected chi connectivity index (χ4v) is 1.07. The Bertz CT molecular complexity index is 405. The van der Waals surface area contributed by atoms with E-state index >= 15 is 0 Å². The maximum absolute atomic E-state index is 11.3. The van der Waals surface area contributed by atoms with Gasteiger partial charge in [0.2, 0.25) is 0 Å².